The number of ether oxygens (including phenoxy) is 2. The standard InChI is InChI=1S/C24H41NO3/c1-24(2,3)28-23(26)25(4)19-14-12-10-8-6-7-9-11-13-16-21-17-15-18-22(20-21)27-5/h15,17-18,20H,6-14,16,19H2,1-5H3. The fourth-order valence-corrected chi connectivity index (χ4v) is 3.17. The Hall–Kier alpha value is -1.71. The number of unbranched alkanes of at least 4 members (excludes halogenated alkanes) is 8. The summed E-state index contributed by atoms with van der Waals surface area (Å²) in [6.45, 7) is 6.48. The lowest BCUT2D eigenvalue weighted by Gasteiger charge is -2.24. The first kappa shape index (κ1) is 24.3. The van der Waals surface area contributed by atoms with Crippen molar-refractivity contribution in [1.82, 2.24) is 4.90 Å². The summed E-state index contributed by atoms with van der Waals surface area (Å²) in [6, 6.07) is 8.39. The average molecular weight is 392 g/mol. The monoisotopic (exact) mass is 391 g/mol. The Bertz CT molecular complexity index is 551. The number of aryl methyl sites for hydroxylation is 1. The van der Waals surface area contributed by atoms with E-state index in [1.165, 1.54) is 56.9 Å². The molecule has 0 aliphatic rings. The number of nitrogens with zero attached hydrogens (tertiary/aromatic N) is 1. The molecule has 0 N–H and O–H groups in total. The van der Waals surface area contributed by atoms with Crippen molar-refractivity contribution >= 4 is 6.09 Å². The van der Waals surface area contributed by atoms with Gasteiger partial charge >= 0.3 is 6.09 Å². The van der Waals surface area contributed by atoms with E-state index in [4.69, 9.17) is 9.47 Å². The molecular formula is C24H41NO3. The lowest BCUT2D eigenvalue weighted by atomic mass is 10.0. The minimum Gasteiger partial charge on any atom is -0.497 e. The number of amides is 1. The summed E-state index contributed by atoms with van der Waals surface area (Å²) in [5, 5.41) is 0. The Labute approximate surface area is 172 Å². The molecular weight excluding hydrogens is 350 g/mol. The molecule has 0 bridgehead atoms. The summed E-state index contributed by atoms with van der Waals surface area (Å²) in [5.74, 6) is 0.954. The van der Waals surface area contributed by atoms with Crippen LogP contribution in [0.15, 0.2) is 24.3 Å². The van der Waals surface area contributed by atoms with Crippen molar-refractivity contribution in [3.63, 3.8) is 0 Å². The molecule has 0 spiro atoms. The van der Waals surface area contributed by atoms with Crippen LogP contribution in [0.2, 0.25) is 0 Å². The SMILES string of the molecule is COc1cccc(CCCCCCCCCCCN(C)C(=O)OC(C)(C)C)c1. The predicted octanol–water partition coefficient (Wildman–Crippen LogP) is 6.62. The van der Waals surface area contributed by atoms with Crippen LogP contribution in [0.4, 0.5) is 4.79 Å². The number of benzene rings is 1. The second-order valence-electron chi connectivity index (χ2n) is 8.69. The molecule has 4 heteroatoms. The predicted molar refractivity (Wildman–Crippen MR) is 117 cm³/mol. The first-order valence-corrected chi connectivity index (χ1v) is 10.9. The van der Waals surface area contributed by atoms with Crippen LogP contribution in [0.1, 0.15) is 84.1 Å². The molecule has 0 atom stereocenters. The zero-order valence-electron chi connectivity index (χ0n) is 18.8. The highest BCUT2D eigenvalue weighted by atomic mass is 16.6. The third-order valence-electron chi connectivity index (χ3n) is 4.80. The van der Waals surface area contributed by atoms with E-state index in [1.807, 2.05) is 33.9 Å². The second kappa shape index (κ2) is 13.5. The lowest BCUT2D eigenvalue weighted by Crippen LogP contribution is -2.34. The summed E-state index contributed by atoms with van der Waals surface area (Å²) in [4.78, 5) is 13.6. The van der Waals surface area contributed by atoms with Crippen LogP contribution < -0.4 is 4.74 Å². The van der Waals surface area contributed by atoms with E-state index < -0.39 is 5.60 Å². The molecule has 0 radical (unpaired) electrons. The van der Waals surface area contributed by atoms with Crippen LogP contribution in [-0.2, 0) is 11.2 Å². The van der Waals surface area contributed by atoms with E-state index in [1.54, 1.807) is 12.0 Å². The van der Waals surface area contributed by atoms with Gasteiger partial charge in [-0.3, -0.25) is 0 Å². The fourth-order valence-electron chi connectivity index (χ4n) is 3.17. The van der Waals surface area contributed by atoms with E-state index in [0.29, 0.717) is 0 Å². The van der Waals surface area contributed by atoms with Gasteiger partial charge in [-0.15, -0.1) is 0 Å². The minimum atomic E-state index is -0.417. The third-order valence-corrected chi connectivity index (χ3v) is 4.80. The molecule has 0 aliphatic heterocycles. The number of hydrogen-bond donors (Lipinski definition) is 0. The van der Waals surface area contributed by atoms with Crippen LogP contribution in [0.5, 0.6) is 5.75 Å². The smallest absolute Gasteiger partial charge is 0.410 e. The minimum absolute atomic E-state index is 0.221. The molecule has 1 aromatic carbocycles. The highest BCUT2D eigenvalue weighted by molar-refractivity contribution is 5.67. The molecule has 1 aromatic rings. The third kappa shape index (κ3) is 11.9. The number of carbonyl (C=O) groups excluding carboxylic acids is 1. The van der Waals surface area contributed by atoms with Crippen molar-refractivity contribution in [1.29, 1.82) is 0 Å². The second-order valence-corrected chi connectivity index (χ2v) is 8.69. The van der Waals surface area contributed by atoms with E-state index in [2.05, 4.69) is 18.2 Å². The van der Waals surface area contributed by atoms with Gasteiger partial charge in [0.15, 0.2) is 0 Å². The molecule has 0 unspecified atom stereocenters. The van der Waals surface area contributed by atoms with Gasteiger partial charge in [0.05, 0.1) is 7.11 Å². The van der Waals surface area contributed by atoms with Gasteiger partial charge in [0, 0.05) is 13.6 Å². The molecule has 1 rings (SSSR count). The highest BCUT2D eigenvalue weighted by Crippen LogP contribution is 2.16. The number of methoxy groups -OCH3 is 1. The molecule has 0 heterocycles. The molecule has 0 saturated heterocycles. The van der Waals surface area contributed by atoms with Crippen molar-refractivity contribution in [2.75, 3.05) is 20.7 Å². The van der Waals surface area contributed by atoms with Crippen LogP contribution in [0, 0.1) is 0 Å². The van der Waals surface area contributed by atoms with Crippen LogP contribution in [0.25, 0.3) is 0 Å². The fraction of sp³-hybridized carbons (Fsp3) is 0.708. The topological polar surface area (TPSA) is 38.8 Å². The average Bonchev–Trinajstić information content (AvgIpc) is 2.64. The Morgan fingerprint density at radius 2 is 1.50 bits per heavy atom. The highest BCUT2D eigenvalue weighted by Gasteiger charge is 2.18. The van der Waals surface area contributed by atoms with Gasteiger partial charge < -0.3 is 14.4 Å². The number of rotatable bonds is 13. The molecule has 4 nitrogen and oxygen atoms in total. The number of carbonyl (C=O) groups is 1. The van der Waals surface area contributed by atoms with E-state index in [-0.39, 0.29) is 6.09 Å². The normalized spacial score (nSPS) is 11.3. The Kier molecular flexibility index (Phi) is 11.7. The first-order chi connectivity index (χ1) is 13.3. The summed E-state index contributed by atoms with van der Waals surface area (Å²) in [5.41, 5.74) is 0.954. The Morgan fingerprint density at radius 3 is 2.07 bits per heavy atom. The van der Waals surface area contributed by atoms with Crippen molar-refractivity contribution in [2.24, 2.45) is 0 Å². The van der Waals surface area contributed by atoms with Crippen LogP contribution in [-0.4, -0.2) is 37.3 Å². The molecule has 28 heavy (non-hydrogen) atoms. The van der Waals surface area contributed by atoms with Gasteiger partial charge in [-0.2, -0.15) is 0 Å². The van der Waals surface area contributed by atoms with E-state index in [9.17, 15) is 4.79 Å². The van der Waals surface area contributed by atoms with Gasteiger partial charge in [0.1, 0.15) is 11.4 Å². The zero-order valence-corrected chi connectivity index (χ0v) is 18.8. The van der Waals surface area contributed by atoms with Crippen molar-refractivity contribution in [3.05, 3.63) is 29.8 Å². The quantitative estimate of drug-likeness (QED) is 0.355. The van der Waals surface area contributed by atoms with Crippen molar-refractivity contribution < 1.29 is 14.3 Å². The first-order valence-electron chi connectivity index (χ1n) is 10.9. The summed E-state index contributed by atoms with van der Waals surface area (Å²) in [7, 11) is 3.54. The summed E-state index contributed by atoms with van der Waals surface area (Å²) >= 11 is 0. The molecule has 1 amide bonds. The Morgan fingerprint density at radius 1 is 0.929 bits per heavy atom. The van der Waals surface area contributed by atoms with Crippen LogP contribution in [0.3, 0.4) is 0 Å². The van der Waals surface area contributed by atoms with Gasteiger partial charge in [-0.25, -0.2) is 4.79 Å². The van der Waals surface area contributed by atoms with Gasteiger partial charge in [0.25, 0.3) is 0 Å². The van der Waals surface area contributed by atoms with Gasteiger partial charge in [0.2, 0.25) is 0 Å². The van der Waals surface area contributed by atoms with E-state index >= 15 is 0 Å². The maximum Gasteiger partial charge on any atom is 0.410 e. The summed E-state index contributed by atoms with van der Waals surface area (Å²) in [6.07, 6.45) is 12.2. The van der Waals surface area contributed by atoms with Gasteiger partial charge in [-0.1, -0.05) is 57.1 Å². The maximum atomic E-state index is 11.9. The zero-order chi connectivity index (χ0) is 20.8. The van der Waals surface area contributed by atoms with E-state index in [0.717, 1.165) is 25.1 Å². The molecule has 0 saturated carbocycles. The Balaban J connectivity index is 1.93. The molecule has 0 fully saturated rings. The molecule has 0 aliphatic carbocycles. The molecule has 160 valence electrons. The van der Waals surface area contributed by atoms with Crippen molar-refractivity contribution in [2.45, 2.75) is 90.6 Å². The lowest BCUT2D eigenvalue weighted by molar-refractivity contribution is 0.0296. The maximum absolute atomic E-state index is 11.9. The largest absolute Gasteiger partial charge is 0.497 e. The number of hydrogen-bond acceptors (Lipinski definition) is 3. The molecule has 0 aromatic heterocycles. The van der Waals surface area contributed by atoms with Crippen molar-refractivity contribution in [3.8, 4) is 5.75 Å². The van der Waals surface area contributed by atoms with Crippen LogP contribution >= 0.6 is 0 Å². The summed E-state index contributed by atoms with van der Waals surface area (Å²) < 4.78 is 10.6. The van der Waals surface area contributed by atoms with Gasteiger partial charge in [-0.05, 0) is 57.7 Å².